The second kappa shape index (κ2) is 8.51. The van der Waals surface area contributed by atoms with Gasteiger partial charge in [0.15, 0.2) is 11.0 Å². The van der Waals surface area contributed by atoms with E-state index in [4.69, 9.17) is 4.42 Å². The number of aromatic nitrogens is 6. The quantitative estimate of drug-likeness (QED) is 0.583. The molecule has 0 radical (unpaired) electrons. The summed E-state index contributed by atoms with van der Waals surface area (Å²) in [7, 11) is 0. The van der Waals surface area contributed by atoms with Crippen LogP contribution in [0.25, 0.3) is 5.69 Å². The van der Waals surface area contributed by atoms with Gasteiger partial charge in [-0.3, -0.25) is 14.3 Å². The third kappa shape index (κ3) is 4.22. The van der Waals surface area contributed by atoms with Crippen molar-refractivity contribution in [3.8, 4) is 5.69 Å². The Hall–Kier alpha value is -2.75. The summed E-state index contributed by atoms with van der Waals surface area (Å²) in [5.41, 5.74) is 0.856. The van der Waals surface area contributed by atoms with Gasteiger partial charge < -0.3 is 9.32 Å². The Bertz CT molecular complexity index is 941. The van der Waals surface area contributed by atoms with E-state index in [1.54, 1.807) is 19.3 Å². The van der Waals surface area contributed by atoms with Crippen LogP contribution in [0, 0.1) is 6.92 Å². The Morgan fingerprint density at radius 1 is 1.18 bits per heavy atom. The molecule has 0 spiro atoms. The molecular weight excluding hydrogens is 378 g/mol. The van der Waals surface area contributed by atoms with E-state index < -0.39 is 0 Å². The van der Waals surface area contributed by atoms with Crippen molar-refractivity contribution < 1.29 is 9.21 Å². The summed E-state index contributed by atoms with van der Waals surface area (Å²) >= 11 is 1.46. The van der Waals surface area contributed by atoms with E-state index in [0.29, 0.717) is 41.5 Å². The van der Waals surface area contributed by atoms with Crippen molar-refractivity contribution in [3.63, 3.8) is 0 Å². The zero-order valence-corrected chi connectivity index (χ0v) is 16.4. The average molecular weight is 399 g/mol. The second-order valence-electron chi connectivity index (χ2n) is 6.57. The molecule has 0 N–H and O–H groups in total. The number of carbonyl (C=O) groups excluding carboxylic acids is 1. The van der Waals surface area contributed by atoms with Crippen LogP contribution in [0.2, 0.25) is 0 Å². The molecule has 1 fully saturated rings. The van der Waals surface area contributed by atoms with E-state index in [-0.39, 0.29) is 5.91 Å². The lowest BCUT2D eigenvalue weighted by Gasteiger charge is -2.20. The summed E-state index contributed by atoms with van der Waals surface area (Å²) in [4.78, 5) is 18.5. The van der Waals surface area contributed by atoms with Crippen molar-refractivity contribution in [2.45, 2.75) is 50.1 Å². The molecule has 4 heterocycles. The number of thioether (sulfide) groups is 1. The first-order valence-corrected chi connectivity index (χ1v) is 10.2. The molecule has 0 unspecified atom stereocenters. The number of hydrogen-bond donors (Lipinski definition) is 0. The maximum absolute atomic E-state index is 12.4. The summed E-state index contributed by atoms with van der Waals surface area (Å²) in [6.45, 7) is 2.94. The number of likely N-dealkylation sites (tertiary alicyclic amines) is 1. The molecule has 0 aromatic carbocycles. The predicted molar refractivity (Wildman–Crippen MR) is 102 cm³/mol. The maximum atomic E-state index is 12.4. The standard InChI is InChI=1S/C18H21N7O2S/c1-13-20-22-16(27-13)12-28-18-23-21-15(25(18)14-6-5-8-19-10-14)11-24-9-4-2-3-7-17(24)26/h5-6,8,10H,2-4,7,9,11-12H2,1H3. The number of hydrogen-bond acceptors (Lipinski definition) is 8. The third-order valence-corrected chi connectivity index (χ3v) is 5.41. The van der Waals surface area contributed by atoms with Crippen molar-refractivity contribution in [1.82, 2.24) is 34.8 Å². The van der Waals surface area contributed by atoms with Crippen molar-refractivity contribution in [1.29, 1.82) is 0 Å². The normalized spacial score (nSPS) is 15.0. The van der Waals surface area contributed by atoms with Gasteiger partial charge in [-0.05, 0) is 25.0 Å². The van der Waals surface area contributed by atoms with E-state index in [1.807, 2.05) is 21.6 Å². The molecule has 146 valence electrons. The topological polar surface area (TPSA) is 103 Å². The minimum Gasteiger partial charge on any atom is -0.425 e. The van der Waals surface area contributed by atoms with Crippen LogP contribution >= 0.6 is 11.8 Å². The summed E-state index contributed by atoms with van der Waals surface area (Å²) in [5, 5.41) is 17.3. The number of carbonyl (C=O) groups is 1. The van der Waals surface area contributed by atoms with Crippen molar-refractivity contribution in [2.75, 3.05) is 6.54 Å². The molecule has 1 aliphatic rings. The van der Waals surface area contributed by atoms with Gasteiger partial charge in [0.05, 0.1) is 24.2 Å². The number of aryl methyl sites for hydroxylation is 1. The molecular formula is C18H21N7O2S. The molecule has 1 saturated heterocycles. The molecule has 28 heavy (non-hydrogen) atoms. The van der Waals surface area contributed by atoms with Gasteiger partial charge in [-0.2, -0.15) is 0 Å². The second-order valence-corrected chi connectivity index (χ2v) is 7.52. The molecule has 0 atom stereocenters. The van der Waals surface area contributed by atoms with Gasteiger partial charge in [-0.1, -0.05) is 18.2 Å². The molecule has 0 aliphatic carbocycles. The molecule has 4 rings (SSSR count). The number of pyridine rings is 1. The fourth-order valence-corrected chi connectivity index (χ4v) is 3.95. The van der Waals surface area contributed by atoms with Crippen LogP contribution in [0.5, 0.6) is 0 Å². The molecule has 0 saturated carbocycles. The molecule has 3 aromatic heterocycles. The molecule has 1 amide bonds. The Labute approximate surface area is 166 Å². The van der Waals surface area contributed by atoms with Crippen LogP contribution < -0.4 is 0 Å². The first-order chi connectivity index (χ1) is 13.7. The van der Waals surface area contributed by atoms with Crippen molar-refractivity contribution >= 4 is 17.7 Å². The summed E-state index contributed by atoms with van der Waals surface area (Å²) < 4.78 is 7.38. The highest BCUT2D eigenvalue weighted by Gasteiger charge is 2.22. The molecule has 9 nitrogen and oxygen atoms in total. The lowest BCUT2D eigenvalue weighted by Crippen LogP contribution is -2.31. The van der Waals surface area contributed by atoms with Gasteiger partial charge in [0, 0.05) is 26.1 Å². The predicted octanol–water partition coefficient (Wildman–Crippen LogP) is 2.55. The first-order valence-electron chi connectivity index (χ1n) is 9.25. The largest absolute Gasteiger partial charge is 0.425 e. The number of nitrogens with zero attached hydrogens (tertiary/aromatic N) is 7. The maximum Gasteiger partial charge on any atom is 0.226 e. The lowest BCUT2D eigenvalue weighted by molar-refractivity contribution is -0.131. The van der Waals surface area contributed by atoms with Crippen LogP contribution in [-0.4, -0.2) is 47.3 Å². The summed E-state index contributed by atoms with van der Waals surface area (Å²) in [5.74, 6) is 2.44. The Morgan fingerprint density at radius 2 is 2.11 bits per heavy atom. The monoisotopic (exact) mass is 399 g/mol. The van der Waals surface area contributed by atoms with Gasteiger partial charge in [0.2, 0.25) is 17.7 Å². The summed E-state index contributed by atoms with van der Waals surface area (Å²) in [6, 6.07) is 3.82. The van der Waals surface area contributed by atoms with Crippen LogP contribution in [0.1, 0.15) is 43.3 Å². The summed E-state index contributed by atoms with van der Waals surface area (Å²) in [6.07, 6.45) is 7.14. The molecule has 1 aliphatic heterocycles. The molecule has 3 aromatic rings. The highest BCUT2D eigenvalue weighted by Crippen LogP contribution is 2.25. The van der Waals surface area contributed by atoms with Crippen molar-refractivity contribution in [3.05, 3.63) is 42.1 Å². The zero-order chi connectivity index (χ0) is 19.3. The van der Waals surface area contributed by atoms with E-state index in [2.05, 4.69) is 25.4 Å². The van der Waals surface area contributed by atoms with Gasteiger partial charge in [-0.15, -0.1) is 20.4 Å². The Morgan fingerprint density at radius 3 is 2.89 bits per heavy atom. The first kappa shape index (κ1) is 18.6. The van der Waals surface area contributed by atoms with E-state index in [1.165, 1.54) is 11.8 Å². The minimum atomic E-state index is 0.175. The fourth-order valence-electron chi connectivity index (χ4n) is 3.14. The van der Waals surface area contributed by atoms with Gasteiger partial charge in [-0.25, -0.2) is 0 Å². The van der Waals surface area contributed by atoms with E-state index in [0.717, 1.165) is 31.5 Å². The highest BCUT2D eigenvalue weighted by molar-refractivity contribution is 7.98. The minimum absolute atomic E-state index is 0.175. The van der Waals surface area contributed by atoms with Gasteiger partial charge >= 0.3 is 0 Å². The van der Waals surface area contributed by atoms with E-state index in [9.17, 15) is 4.79 Å². The average Bonchev–Trinajstić information content (AvgIpc) is 3.25. The van der Waals surface area contributed by atoms with Gasteiger partial charge in [0.1, 0.15) is 0 Å². The molecule has 10 heteroatoms. The van der Waals surface area contributed by atoms with Crippen LogP contribution in [0.3, 0.4) is 0 Å². The Kier molecular flexibility index (Phi) is 5.65. The highest BCUT2D eigenvalue weighted by atomic mass is 32.2. The zero-order valence-electron chi connectivity index (χ0n) is 15.6. The molecule has 0 bridgehead atoms. The Balaban J connectivity index is 1.60. The number of rotatable bonds is 6. The van der Waals surface area contributed by atoms with Crippen LogP contribution in [0.15, 0.2) is 34.1 Å². The van der Waals surface area contributed by atoms with Crippen LogP contribution in [-0.2, 0) is 17.1 Å². The number of amides is 1. The van der Waals surface area contributed by atoms with Gasteiger partial charge in [0.25, 0.3) is 0 Å². The fraction of sp³-hybridized carbons (Fsp3) is 0.444. The SMILES string of the molecule is Cc1nnc(CSc2nnc(CN3CCCCCC3=O)n2-c2cccnc2)o1. The van der Waals surface area contributed by atoms with Crippen molar-refractivity contribution in [2.24, 2.45) is 0 Å². The smallest absolute Gasteiger partial charge is 0.226 e. The lowest BCUT2D eigenvalue weighted by atomic mass is 10.2. The van der Waals surface area contributed by atoms with E-state index >= 15 is 0 Å². The van der Waals surface area contributed by atoms with Crippen LogP contribution in [0.4, 0.5) is 0 Å². The third-order valence-electron chi connectivity index (χ3n) is 4.50.